The average molecular weight is 242 g/mol. The Hall–Kier alpha value is -0.910. The van der Waals surface area contributed by atoms with Crippen LogP contribution in [-0.2, 0) is 11.3 Å². The van der Waals surface area contributed by atoms with Crippen molar-refractivity contribution in [3.63, 3.8) is 0 Å². The van der Waals surface area contributed by atoms with Crippen molar-refractivity contribution in [3.05, 3.63) is 21.4 Å². The van der Waals surface area contributed by atoms with Gasteiger partial charge in [-0.1, -0.05) is 0 Å². The lowest BCUT2D eigenvalue weighted by Gasteiger charge is -2.17. The predicted octanol–water partition coefficient (Wildman–Crippen LogP) is 0.689. The summed E-state index contributed by atoms with van der Waals surface area (Å²) in [6.07, 6.45) is -0.780. The van der Waals surface area contributed by atoms with Crippen LogP contribution in [0.3, 0.4) is 0 Å². The van der Waals surface area contributed by atoms with Crippen LogP contribution in [-0.4, -0.2) is 23.2 Å². The van der Waals surface area contributed by atoms with Crippen LogP contribution >= 0.6 is 11.3 Å². The van der Waals surface area contributed by atoms with Crippen molar-refractivity contribution < 1.29 is 9.90 Å². The van der Waals surface area contributed by atoms with Gasteiger partial charge in [0.25, 0.3) is 0 Å². The summed E-state index contributed by atoms with van der Waals surface area (Å²) in [5.41, 5.74) is 6.33. The van der Waals surface area contributed by atoms with Crippen LogP contribution in [0.2, 0.25) is 0 Å². The highest BCUT2D eigenvalue weighted by atomic mass is 32.1. The molecule has 0 unspecified atom stereocenters. The molecule has 90 valence electrons. The number of primary amides is 1. The van der Waals surface area contributed by atoms with E-state index in [9.17, 15) is 9.90 Å². The Bertz CT molecular complexity index is 374. The highest BCUT2D eigenvalue weighted by Crippen LogP contribution is 2.20. The maximum atomic E-state index is 11.1. The lowest BCUT2D eigenvalue weighted by atomic mass is 10.1. The topological polar surface area (TPSA) is 75.3 Å². The molecule has 4 nitrogen and oxygen atoms in total. The summed E-state index contributed by atoms with van der Waals surface area (Å²) in [6.45, 7) is 6.18. The molecule has 4 N–H and O–H groups in total. The van der Waals surface area contributed by atoms with Crippen molar-refractivity contribution >= 4 is 17.2 Å². The quantitative estimate of drug-likeness (QED) is 0.711. The molecule has 0 aliphatic heterocycles. The summed E-state index contributed by atoms with van der Waals surface area (Å²) >= 11 is 1.72. The first-order chi connectivity index (χ1) is 7.41. The Kier molecular flexibility index (Phi) is 4.46. The lowest BCUT2D eigenvalue weighted by Crippen LogP contribution is -2.47. The van der Waals surface area contributed by atoms with E-state index < -0.39 is 18.1 Å². The number of carbonyl (C=O) groups is 1. The van der Waals surface area contributed by atoms with E-state index in [0.29, 0.717) is 6.54 Å². The van der Waals surface area contributed by atoms with Gasteiger partial charge in [0.1, 0.15) is 6.04 Å². The maximum absolute atomic E-state index is 11.1. The van der Waals surface area contributed by atoms with Crippen LogP contribution in [0.4, 0.5) is 0 Å². The van der Waals surface area contributed by atoms with Gasteiger partial charge in [0.05, 0.1) is 6.10 Å². The van der Waals surface area contributed by atoms with E-state index in [1.165, 1.54) is 9.75 Å². The third kappa shape index (κ3) is 3.30. The molecule has 1 rings (SSSR count). The van der Waals surface area contributed by atoms with E-state index in [2.05, 4.69) is 11.4 Å². The summed E-state index contributed by atoms with van der Waals surface area (Å²) in [4.78, 5) is 13.5. The van der Waals surface area contributed by atoms with Crippen molar-refractivity contribution in [1.29, 1.82) is 0 Å². The Labute approximate surface area is 99.5 Å². The van der Waals surface area contributed by atoms with E-state index >= 15 is 0 Å². The van der Waals surface area contributed by atoms with Gasteiger partial charge < -0.3 is 10.8 Å². The molecule has 16 heavy (non-hydrogen) atoms. The van der Waals surface area contributed by atoms with Gasteiger partial charge >= 0.3 is 0 Å². The Balaban J connectivity index is 2.62. The van der Waals surface area contributed by atoms with Crippen molar-refractivity contribution in [1.82, 2.24) is 5.32 Å². The zero-order valence-corrected chi connectivity index (χ0v) is 10.6. The highest BCUT2D eigenvalue weighted by Gasteiger charge is 2.20. The third-order valence-electron chi connectivity index (χ3n) is 2.45. The van der Waals surface area contributed by atoms with Gasteiger partial charge in [0.15, 0.2) is 0 Å². The van der Waals surface area contributed by atoms with Gasteiger partial charge in [-0.05, 0) is 32.4 Å². The number of hydrogen-bond acceptors (Lipinski definition) is 4. The number of amides is 1. The molecule has 5 heteroatoms. The number of aryl methyl sites for hydroxylation is 2. The van der Waals surface area contributed by atoms with Gasteiger partial charge in [-0.15, -0.1) is 11.3 Å². The van der Waals surface area contributed by atoms with Gasteiger partial charge in [-0.3, -0.25) is 10.1 Å². The second kappa shape index (κ2) is 5.43. The van der Waals surface area contributed by atoms with Crippen LogP contribution < -0.4 is 11.1 Å². The SMILES string of the molecule is Cc1cc(CN[C@H](C(N)=O)[C@@H](C)O)c(C)s1. The first kappa shape index (κ1) is 13.2. The van der Waals surface area contributed by atoms with Crippen molar-refractivity contribution in [3.8, 4) is 0 Å². The van der Waals surface area contributed by atoms with Crippen LogP contribution in [0.25, 0.3) is 0 Å². The normalized spacial score (nSPS) is 14.8. The first-order valence-corrected chi connectivity index (χ1v) is 6.00. The minimum atomic E-state index is -0.780. The van der Waals surface area contributed by atoms with Crippen LogP contribution in [0, 0.1) is 13.8 Å². The van der Waals surface area contributed by atoms with E-state index in [0.717, 1.165) is 5.56 Å². The zero-order chi connectivity index (χ0) is 12.3. The van der Waals surface area contributed by atoms with E-state index in [1.807, 2.05) is 13.8 Å². The Morgan fingerprint density at radius 3 is 2.62 bits per heavy atom. The number of rotatable bonds is 5. The second-order valence-corrected chi connectivity index (χ2v) is 5.40. The van der Waals surface area contributed by atoms with E-state index in [4.69, 9.17) is 5.73 Å². The zero-order valence-electron chi connectivity index (χ0n) is 9.78. The fourth-order valence-electron chi connectivity index (χ4n) is 1.59. The van der Waals surface area contributed by atoms with Crippen molar-refractivity contribution in [2.45, 2.75) is 39.5 Å². The summed E-state index contributed by atoms with van der Waals surface area (Å²) in [5.74, 6) is -0.528. The fourth-order valence-corrected chi connectivity index (χ4v) is 2.53. The molecule has 1 aromatic rings. The van der Waals surface area contributed by atoms with Crippen LogP contribution in [0.1, 0.15) is 22.2 Å². The summed E-state index contributed by atoms with van der Waals surface area (Å²) in [7, 11) is 0. The summed E-state index contributed by atoms with van der Waals surface area (Å²) in [5, 5.41) is 12.3. The van der Waals surface area contributed by atoms with Gasteiger partial charge in [0, 0.05) is 16.3 Å². The van der Waals surface area contributed by atoms with Crippen molar-refractivity contribution in [2.24, 2.45) is 5.73 Å². The number of aliphatic hydroxyl groups excluding tert-OH is 1. The molecule has 1 aromatic heterocycles. The molecule has 0 bridgehead atoms. The highest BCUT2D eigenvalue weighted by molar-refractivity contribution is 7.12. The molecular weight excluding hydrogens is 224 g/mol. The number of carbonyl (C=O) groups excluding carboxylic acids is 1. The fraction of sp³-hybridized carbons (Fsp3) is 0.545. The number of nitrogens with one attached hydrogen (secondary N) is 1. The molecule has 0 aliphatic rings. The monoisotopic (exact) mass is 242 g/mol. The Morgan fingerprint density at radius 2 is 2.25 bits per heavy atom. The van der Waals surface area contributed by atoms with Crippen LogP contribution in [0.15, 0.2) is 6.07 Å². The minimum absolute atomic E-state index is 0.528. The molecule has 1 heterocycles. The number of nitrogens with two attached hydrogens (primary N) is 1. The molecule has 0 radical (unpaired) electrons. The minimum Gasteiger partial charge on any atom is -0.391 e. The maximum Gasteiger partial charge on any atom is 0.237 e. The number of thiophene rings is 1. The smallest absolute Gasteiger partial charge is 0.237 e. The van der Waals surface area contributed by atoms with E-state index in [-0.39, 0.29) is 0 Å². The first-order valence-electron chi connectivity index (χ1n) is 5.18. The van der Waals surface area contributed by atoms with Crippen LogP contribution in [0.5, 0.6) is 0 Å². The molecular formula is C11H18N2O2S. The molecule has 0 fully saturated rings. The van der Waals surface area contributed by atoms with Gasteiger partial charge in [-0.2, -0.15) is 0 Å². The second-order valence-electron chi connectivity index (χ2n) is 3.94. The number of aliphatic hydroxyl groups is 1. The van der Waals surface area contributed by atoms with E-state index in [1.54, 1.807) is 18.3 Å². The third-order valence-corrected chi connectivity index (χ3v) is 3.45. The molecule has 2 atom stereocenters. The summed E-state index contributed by atoms with van der Waals surface area (Å²) < 4.78 is 0. The number of hydrogen-bond donors (Lipinski definition) is 3. The predicted molar refractivity (Wildman–Crippen MR) is 65.3 cm³/mol. The molecule has 0 saturated heterocycles. The largest absolute Gasteiger partial charge is 0.391 e. The molecule has 0 saturated carbocycles. The Morgan fingerprint density at radius 1 is 1.62 bits per heavy atom. The average Bonchev–Trinajstić information content (AvgIpc) is 2.44. The molecule has 0 spiro atoms. The molecule has 1 amide bonds. The molecule has 0 aromatic carbocycles. The van der Waals surface area contributed by atoms with Gasteiger partial charge in [0.2, 0.25) is 5.91 Å². The lowest BCUT2D eigenvalue weighted by molar-refractivity contribution is -0.122. The standard InChI is InChI=1S/C11H18N2O2S/c1-6-4-9(8(3)16-6)5-13-10(7(2)14)11(12)15/h4,7,10,13-14H,5H2,1-3H3,(H2,12,15)/t7-,10+/m1/s1. The van der Waals surface area contributed by atoms with Gasteiger partial charge in [-0.25, -0.2) is 0 Å². The van der Waals surface area contributed by atoms with Crippen molar-refractivity contribution in [2.75, 3.05) is 0 Å². The molecule has 0 aliphatic carbocycles. The summed E-state index contributed by atoms with van der Waals surface area (Å²) in [6, 6.07) is 1.38.